The number of hydrogen-bond donors (Lipinski definition) is 7. The number of rotatable bonds is 47. The van der Waals surface area contributed by atoms with Crippen LogP contribution >= 0.6 is 0 Å². The van der Waals surface area contributed by atoms with Crippen LogP contribution in [0.25, 0.3) is 0 Å². The molecule has 1 aliphatic heterocycles. The minimum absolute atomic E-state index is 0.301. The maximum absolute atomic E-state index is 13.1. The van der Waals surface area contributed by atoms with Crippen LogP contribution in [0.2, 0.25) is 0 Å². The van der Waals surface area contributed by atoms with Crippen LogP contribution in [0, 0.1) is 0 Å². The van der Waals surface area contributed by atoms with Gasteiger partial charge in [-0.1, -0.05) is 257 Å². The van der Waals surface area contributed by atoms with Crippen molar-refractivity contribution in [1.29, 1.82) is 0 Å². The van der Waals surface area contributed by atoms with Gasteiger partial charge in [-0.15, -0.1) is 0 Å². The Labute approximate surface area is 393 Å². The summed E-state index contributed by atoms with van der Waals surface area (Å²) in [6.07, 6.45) is 43.0. The average Bonchev–Trinajstić information content (AvgIpc) is 3.29. The van der Waals surface area contributed by atoms with E-state index in [1.54, 1.807) is 6.08 Å². The standard InChI is InChI=1S/C54H105NO9/c1-3-5-7-9-11-13-15-17-19-21-22-23-24-25-27-29-31-33-35-37-39-41-43-48(58)53(62)55-46(45-63-54-52(61)51(60)50(59)49(44-56)64-54)47(57)42-40-38-36-34-32-30-28-26-20-18-16-14-12-10-8-6-4-2/h40,42,46-52,54,56-61H,3-39,41,43-45H2,1-2H3,(H,55,62)/b42-40+. The molecule has 0 radical (unpaired) electrons. The van der Waals surface area contributed by atoms with Crippen molar-refractivity contribution in [3.05, 3.63) is 12.2 Å². The highest BCUT2D eigenvalue weighted by Gasteiger charge is 2.44. The zero-order valence-electron chi connectivity index (χ0n) is 41.7. The molecule has 1 saturated heterocycles. The van der Waals surface area contributed by atoms with E-state index in [1.165, 1.54) is 199 Å². The van der Waals surface area contributed by atoms with Gasteiger partial charge < -0.3 is 45.4 Å². The van der Waals surface area contributed by atoms with Crippen molar-refractivity contribution in [2.24, 2.45) is 0 Å². The van der Waals surface area contributed by atoms with E-state index < -0.39 is 61.5 Å². The lowest BCUT2D eigenvalue weighted by atomic mass is 9.99. The van der Waals surface area contributed by atoms with Crippen LogP contribution in [0.15, 0.2) is 12.2 Å². The lowest BCUT2D eigenvalue weighted by Gasteiger charge is -2.40. The summed E-state index contributed by atoms with van der Waals surface area (Å²) in [6.45, 7) is 3.65. The Hall–Kier alpha value is -1.11. The predicted octanol–water partition coefficient (Wildman–Crippen LogP) is 11.8. The molecular formula is C54H105NO9. The molecule has 1 rings (SSSR count). The molecule has 10 nitrogen and oxygen atoms in total. The van der Waals surface area contributed by atoms with E-state index in [9.17, 15) is 35.4 Å². The number of aliphatic hydroxyl groups excluding tert-OH is 6. The van der Waals surface area contributed by atoms with Crippen molar-refractivity contribution >= 4 is 5.91 Å². The normalized spacial score (nSPS) is 20.5. The minimum Gasteiger partial charge on any atom is -0.394 e. The summed E-state index contributed by atoms with van der Waals surface area (Å²) in [5.74, 6) is -0.610. The number of nitrogens with one attached hydrogen (secondary N) is 1. The van der Waals surface area contributed by atoms with Gasteiger partial charge in [0.2, 0.25) is 5.91 Å². The maximum Gasteiger partial charge on any atom is 0.249 e. The van der Waals surface area contributed by atoms with Gasteiger partial charge in [-0.25, -0.2) is 0 Å². The number of ether oxygens (including phenoxy) is 2. The molecule has 8 atom stereocenters. The molecule has 8 unspecified atom stereocenters. The fourth-order valence-corrected chi connectivity index (χ4v) is 8.99. The van der Waals surface area contributed by atoms with Crippen molar-refractivity contribution in [2.45, 2.75) is 313 Å². The van der Waals surface area contributed by atoms with Gasteiger partial charge in [0.1, 0.15) is 30.5 Å². The van der Waals surface area contributed by atoms with Gasteiger partial charge in [-0.3, -0.25) is 4.79 Å². The molecule has 0 aromatic carbocycles. The highest BCUT2D eigenvalue weighted by atomic mass is 16.7. The zero-order valence-corrected chi connectivity index (χ0v) is 41.7. The van der Waals surface area contributed by atoms with E-state index in [4.69, 9.17) is 9.47 Å². The fourth-order valence-electron chi connectivity index (χ4n) is 8.99. The van der Waals surface area contributed by atoms with E-state index >= 15 is 0 Å². The fraction of sp³-hybridized carbons (Fsp3) is 0.944. The van der Waals surface area contributed by atoms with Crippen molar-refractivity contribution in [2.75, 3.05) is 13.2 Å². The SMILES string of the molecule is CCCCCCCCCCCCCCCCC/C=C/C(O)C(COC1OC(CO)C(O)C(O)C1O)NC(=O)C(O)CCCCCCCCCCCCCCCCCCCCCCCC. The molecule has 1 amide bonds. The van der Waals surface area contributed by atoms with Crippen LogP contribution in [0.1, 0.15) is 264 Å². The third-order valence-corrected chi connectivity index (χ3v) is 13.5. The summed E-state index contributed by atoms with van der Waals surface area (Å²) in [4.78, 5) is 13.1. The topological polar surface area (TPSA) is 169 Å². The number of allylic oxidation sites excluding steroid dienone is 1. The number of unbranched alkanes of at least 4 members (excludes halogenated alkanes) is 36. The van der Waals surface area contributed by atoms with Gasteiger partial charge >= 0.3 is 0 Å². The molecule has 380 valence electrons. The number of amides is 1. The Morgan fingerprint density at radius 3 is 1.27 bits per heavy atom. The molecule has 0 aromatic heterocycles. The van der Waals surface area contributed by atoms with Crippen LogP contribution < -0.4 is 5.32 Å². The van der Waals surface area contributed by atoms with Gasteiger partial charge in [-0.2, -0.15) is 0 Å². The Kier molecular flexibility index (Phi) is 42.3. The predicted molar refractivity (Wildman–Crippen MR) is 264 cm³/mol. The minimum atomic E-state index is -1.61. The third-order valence-electron chi connectivity index (χ3n) is 13.5. The van der Waals surface area contributed by atoms with Crippen LogP contribution in [-0.2, 0) is 14.3 Å². The molecule has 64 heavy (non-hydrogen) atoms. The monoisotopic (exact) mass is 912 g/mol. The quantitative estimate of drug-likeness (QED) is 0.0232. The zero-order chi connectivity index (χ0) is 46.7. The number of hydrogen-bond acceptors (Lipinski definition) is 9. The molecule has 7 N–H and O–H groups in total. The van der Waals surface area contributed by atoms with Gasteiger partial charge in [0.25, 0.3) is 0 Å². The first-order valence-electron chi connectivity index (χ1n) is 27.5. The smallest absolute Gasteiger partial charge is 0.249 e. The van der Waals surface area contributed by atoms with Crippen LogP contribution in [0.5, 0.6) is 0 Å². The van der Waals surface area contributed by atoms with E-state index in [2.05, 4.69) is 19.2 Å². The second-order valence-electron chi connectivity index (χ2n) is 19.5. The first-order chi connectivity index (χ1) is 31.3. The Morgan fingerprint density at radius 1 is 0.531 bits per heavy atom. The summed E-state index contributed by atoms with van der Waals surface area (Å²) >= 11 is 0. The second kappa shape index (κ2) is 44.4. The van der Waals surface area contributed by atoms with Crippen LogP contribution in [-0.4, -0.2) is 98.7 Å². The Balaban J connectivity index is 2.29. The summed E-state index contributed by atoms with van der Waals surface area (Å²) < 4.78 is 11.2. The second-order valence-corrected chi connectivity index (χ2v) is 19.5. The lowest BCUT2D eigenvalue weighted by molar-refractivity contribution is -0.302. The molecule has 1 heterocycles. The van der Waals surface area contributed by atoms with Gasteiger partial charge in [-0.05, 0) is 19.3 Å². The number of carbonyl (C=O) groups excluding carboxylic acids is 1. The van der Waals surface area contributed by atoms with Gasteiger partial charge in [0, 0.05) is 0 Å². The van der Waals surface area contributed by atoms with E-state index in [0.29, 0.717) is 6.42 Å². The molecule has 0 aromatic rings. The van der Waals surface area contributed by atoms with Crippen LogP contribution in [0.4, 0.5) is 0 Å². The average molecular weight is 912 g/mol. The summed E-state index contributed by atoms with van der Waals surface area (Å²) in [6, 6.07) is -0.976. The largest absolute Gasteiger partial charge is 0.394 e. The molecule has 0 aliphatic carbocycles. The molecule has 0 bridgehead atoms. The highest BCUT2D eigenvalue weighted by molar-refractivity contribution is 5.80. The molecule has 1 aliphatic rings. The molecular weight excluding hydrogens is 807 g/mol. The summed E-state index contributed by atoms with van der Waals surface area (Å²) in [5.41, 5.74) is 0. The van der Waals surface area contributed by atoms with Crippen molar-refractivity contribution in [3.63, 3.8) is 0 Å². The van der Waals surface area contributed by atoms with Gasteiger partial charge in [0.15, 0.2) is 6.29 Å². The van der Waals surface area contributed by atoms with Crippen molar-refractivity contribution in [3.8, 4) is 0 Å². The highest BCUT2D eigenvalue weighted by Crippen LogP contribution is 2.23. The van der Waals surface area contributed by atoms with Crippen molar-refractivity contribution < 1.29 is 44.9 Å². The molecule has 10 heteroatoms. The van der Waals surface area contributed by atoms with Gasteiger partial charge in [0.05, 0.1) is 25.4 Å². The van der Waals surface area contributed by atoms with E-state index in [-0.39, 0.29) is 6.61 Å². The van der Waals surface area contributed by atoms with Crippen molar-refractivity contribution in [1.82, 2.24) is 5.32 Å². The maximum atomic E-state index is 13.1. The van der Waals surface area contributed by atoms with E-state index in [0.717, 1.165) is 44.9 Å². The Bertz CT molecular complexity index is 1030. The first kappa shape index (κ1) is 60.9. The number of carbonyl (C=O) groups is 1. The summed E-state index contributed by atoms with van der Waals surface area (Å²) in [7, 11) is 0. The van der Waals surface area contributed by atoms with E-state index in [1.807, 2.05) is 6.08 Å². The molecule has 0 saturated carbocycles. The lowest BCUT2D eigenvalue weighted by Crippen LogP contribution is -2.60. The first-order valence-corrected chi connectivity index (χ1v) is 27.5. The van der Waals surface area contributed by atoms with Crippen LogP contribution in [0.3, 0.4) is 0 Å². The molecule has 1 fully saturated rings. The Morgan fingerprint density at radius 2 is 0.891 bits per heavy atom. The molecule has 0 spiro atoms. The summed E-state index contributed by atoms with van der Waals surface area (Å²) in [5, 5.41) is 65.0. The number of aliphatic hydroxyl groups is 6. The third kappa shape index (κ3) is 33.4.